The lowest BCUT2D eigenvalue weighted by Gasteiger charge is -2.09. The Labute approximate surface area is 124 Å². The number of nitriles is 1. The summed E-state index contributed by atoms with van der Waals surface area (Å²) in [5, 5.41) is 14.0. The summed E-state index contributed by atoms with van der Waals surface area (Å²) in [6, 6.07) is 13.3. The second-order valence-electron chi connectivity index (χ2n) is 4.01. The molecule has 4 N–H and O–H groups in total. The highest BCUT2D eigenvalue weighted by Gasteiger charge is 2.06. The van der Waals surface area contributed by atoms with Crippen LogP contribution in [-0.4, -0.2) is 6.03 Å². The van der Waals surface area contributed by atoms with Crippen LogP contribution in [0, 0.1) is 11.3 Å². The molecule has 6 heteroatoms. The summed E-state index contributed by atoms with van der Waals surface area (Å²) in [5.41, 5.74) is 7.94. The molecule has 2 aromatic carbocycles. The standard InChI is InChI=1S/C14H11BrN4O/c15-12-6-3-10(17)7-13(12)19-14(20)18-11-4-1-9(8-16)2-5-11/h1-7H,17H2,(H2,18,19,20). The van der Waals surface area contributed by atoms with Gasteiger partial charge in [0.1, 0.15) is 0 Å². The van der Waals surface area contributed by atoms with Crippen LogP contribution >= 0.6 is 15.9 Å². The average molecular weight is 331 g/mol. The highest BCUT2D eigenvalue weighted by atomic mass is 79.9. The number of nitrogen functional groups attached to an aromatic ring is 1. The predicted octanol–water partition coefficient (Wildman–Crippen LogP) is 3.55. The van der Waals surface area contributed by atoms with Crippen LogP contribution in [0.5, 0.6) is 0 Å². The van der Waals surface area contributed by atoms with Gasteiger partial charge >= 0.3 is 6.03 Å². The third-order valence-corrected chi connectivity index (χ3v) is 3.20. The van der Waals surface area contributed by atoms with E-state index >= 15 is 0 Å². The minimum absolute atomic E-state index is 0.388. The van der Waals surface area contributed by atoms with Gasteiger partial charge in [-0.1, -0.05) is 0 Å². The predicted molar refractivity (Wildman–Crippen MR) is 82.4 cm³/mol. The molecule has 5 nitrogen and oxygen atoms in total. The van der Waals surface area contributed by atoms with Crippen LogP contribution < -0.4 is 16.4 Å². The Morgan fingerprint density at radius 3 is 2.50 bits per heavy atom. The number of rotatable bonds is 2. The number of benzene rings is 2. The van der Waals surface area contributed by atoms with E-state index in [9.17, 15) is 4.79 Å². The van der Waals surface area contributed by atoms with Crippen LogP contribution in [0.2, 0.25) is 0 Å². The molecule has 0 saturated carbocycles. The van der Waals surface area contributed by atoms with Crippen molar-refractivity contribution in [3.8, 4) is 6.07 Å². The summed E-state index contributed by atoms with van der Waals surface area (Å²) in [7, 11) is 0. The van der Waals surface area contributed by atoms with E-state index in [4.69, 9.17) is 11.0 Å². The number of halogens is 1. The van der Waals surface area contributed by atoms with E-state index < -0.39 is 0 Å². The third kappa shape index (κ3) is 3.49. The molecule has 0 aliphatic heterocycles. The topological polar surface area (TPSA) is 90.9 Å². The normalized spacial score (nSPS) is 9.60. The van der Waals surface area contributed by atoms with Crippen molar-refractivity contribution < 1.29 is 4.79 Å². The molecule has 0 radical (unpaired) electrons. The van der Waals surface area contributed by atoms with Gasteiger partial charge in [0, 0.05) is 15.8 Å². The largest absolute Gasteiger partial charge is 0.399 e. The Morgan fingerprint density at radius 2 is 1.85 bits per heavy atom. The van der Waals surface area contributed by atoms with Gasteiger partial charge in [-0.3, -0.25) is 0 Å². The van der Waals surface area contributed by atoms with E-state index in [-0.39, 0.29) is 6.03 Å². The molecule has 0 aliphatic rings. The van der Waals surface area contributed by atoms with Gasteiger partial charge in [0.2, 0.25) is 0 Å². The molecule has 0 unspecified atom stereocenters. The number of urea groups is 1. The van der Waals surface area contributed by atoms with E-state index in [1.54, 1.807) is 42.5 Å². The van der Waals surface area contributed by atoms with E-state index in [1.165, 1.54) is 0 Å². The van der Waals surface area contributed by atoms with Crippen molar-refractivity contribution in [2.24, 2.45) is 0 Å². The Kier molecular flexibility index (Phi) is 4.23. The Balaban J connectivity index is 2.05. The van der Waals surface area contributed by atoms with Crippen LogP contribution in [0.25, 0.3) is 0 Å². The minimum Gasteiger partial charge on any atom is -0.399 e. The molecule has 0 aromatic heterocycles. The fourth-order valence-corrected chi connectivity index (χ4v) is 1.90. The van der Waals surface area contributed by atoms with Crippen molar-refractivity contribution >= 4 is 39.0 Å². The summed E-state index contributed by atoms with van der Waals surface area (Å²) >= 11 is 3.33. The Bertz CT molecular complexity index is 677. The second kappa shape index (κ2) is 6.08. The van der Waals surface area contributed by atoms with Crippen molar-refractivity contribution in [2.75, 3.05) is 16.4 Å². The minimum atomic E-state index is -0.388. The maximum absolute atomic E-state index is 11.9. The molecule has 2 amide bonds. The summed E-state index contributed by atoms with van der Waals surface area (Å²) in [5.74, 6) is 0. The molecular formula is C14H11BrN4O. The van der Waals surface area contributed by atoms with Gasteiger partial charge < -0.3 is 16.4 Å². The van der Waals surface area contributed by atoms with Crippen LogP contribution in [0.3, 0.4) is 0 Å². The number of carbonyl (C=O) groups excluding carboxylic acids is 1. The first kappa shape index (κ1) is 13.9. The van der Waals surface area contributed by atoms with Gasteiger partial charge in [-0.05, 0) is 58.4 Å². The van der Waals surface area contributed by atoms with Crippen LogP contribution in [0.4, 0.5) is 21.9 Å². The van der Waals surface area contributed by atoms with Gasteiger partial charge in [0.05, 0.1) is 17.3 Å². The lowest BCUT2D eigenvalue weighted by molar-refractivity contribution is 0.262. The average Bonchev–Trinajstić information content (AvgIpc) is 2.43. The molecule has 0 saturated heterocycles. The van der Waals surface area contributed by atoms with Crippen molar-refractivity contribution in [3.63, 3.8) is 0 Å². The number of hydrogen-bond acceptors (Lipinski definition) is 3. The molecule has 0 fully saturated rings. The first-order valence-electron chi connectivity index (χ1n) is 5.71. The van der Waals surface area contributed by atoms with Gasteiger partial charge in [0.15, 0.2) is 0 Å². The lowest BCUT2D eigenvalue weighted by Crippen LogP contribution is -2.19. The monoisotopic (exact) mass is 330 g/mol. The van der Waals surface area contributed by atoms with Crippen molar-refractivity contribution in [1.82, 2.24) is 0 Å². The molecular weight excluding hydrogens is 320 g/mol. The number of nitrogens with one attached hydrogen (secondary N) is 2. The molecule has 0 heterocycles. The number of carbonyl (C=O) groups is 1. The quantitative estimate of drug-likeness (QED) is 0.735. The van der Waals surface area contributed by atoms with Crippen molar-refractivity contribution in [2.45, 2.75) is 0 Å². The zero-order valence-corrected chi connectivity index (χ0v) is 11.9. The second-order valence-corrected chi connectivity index (χ2v) is 4.86. The highest BCUT2D eigenvalue weighted by molar-refractivity contribution is 9.10. The number of amides is 2. The van der Waals surface area contributed by atoms with Crippen LogP contribution in [0.15, 0.2) is 46.9 Å². The number of hydrogen-bond donors (Lipinski definition) is 3. The summed E-state index contributed by atoms with van der Waals surface area (Å²) in [6.07, 6.45) is 0. The zero-order chi connectivity index (χ0) is 14.5. The van der Waals surface area contributed by atoms with Crippen molar-refractivity contribution in [3.05, 3.63) is 52.5 Å². The van der Waals surface area contributed by atoms with Crippen LogP contribution in [0.1, 0.15) is 5.56 Å². The summed E-state index contributed by atoms with van der Waals surface area (Å²) in [4.78, 5) is 11.9. The molecule has 100 valence electrons. The van der Waals surface area contributed by atoms with Gasteiger partial charge in [-0.15, -0.1) is 0 Å². The zero-order valence-electron chi connectivity index (χ0n) is 10.4. The smallest absolute Gasteiger partial charge is 0.323 e. The van der Waals surface area contributed by atoms with Gasteiger partial charge in [-0.25, -0.2) is 4.79 Å². The molecule has 0 bridgehead atoms. The first-order valence-corrected chi connectivity index (χ1v) is 6.51. The van der Waals surface area contributed by atoms with Gasteiger partial charge in [0.25, 0.3) is 0 Å². The molecule has 0 spiro atoms. The van der Waals surface area contributed by atoms with Crippen molar-refractivity contribution in [1.29, 1.82) is 5.26 Å². The molecule has 0 aliphatic carbocycles. The van der Waals surface area contributed by atoms with E-state index in [0.717, 1.165) is 4.47 Å². The Hall–Kier alpha value is -2.52. The number of anilines is 3. The SMILES string of the molecule is N#Cc1ccc(NC(=O)Nc2cc(N)ccc2Br)cc1. The van der Waals surface area contributed by atoms with E-state index in [0.29, 0.717) is 22.6 Å². The highest BCUT2D eigenvalue weighted by Crippen LogP contribution is 2.24. The molecule has 20 heavy (non-hydrogen) atoms. The van der Waals surface area contributed by atoms with Gasteiger partial charge in [-0.2, -0.15) is 5.26 Å². The third-order valence-electron chi connectivity index (χ3n) is 2.51. The van der Waals surface area contributed by atoms with E-state index in [2.05, 4.69) is 26.6 Å². The maximum atomic E-state index is 11.9. The summed E-state index contributed by atoms with van der Waals surface area (Å²) < 4.78 is 0.738. The fourth-order valence-electron chi connectivity index (χ4n) is 1.55. The molecule has 2 rings (SSSR count). The first-order chi connectivity index (χ1) is 9.58. The number of nitrogens with two attached hydrogens (primary N) is 1. The fraction of sp³-hybridized carbons (Fsp3) is 0. The van der Waals surface area contributed by atoms with Crippen LogP contribution in [-0.2, 0) is 0 Å². The Morgan fingerprint density at radius 1 is 1.15 bits per heavy atom. The summed E-state index contributed by atoms with van der Waals surface area (Å²) in [6.45, 7) is 0. The molecule has 0 atom stereocenters. The maximum Gasteiger partial charge on any atom is 0.323 e. The van der Waals surface area contributed by atoms with E-state index in [1.807, 2.05) is 6.07 Å². The number of nitrogens with zero attached hydrogens (tertiary/aromatic N) is 1. The lowest BCUT2D eigenvalue weighted by atomic mass is 10.2. The molecule has 2 aromatic rings.